The summed E-state index contributed by atoms with van der Waals surface area (Å²) in [6, 6.07) is 6.11. The first-order valence-electron chi connectivity index (χ1n) is 7.04. The number of rotatable bonds is 3. The van der Waals surface area contributed by atoms with Crippen LogP contribution in [0, 0.1) is 6.92 Å². The maximum Gasteiger partial charge on any atom is 0.137 e. The van der Waals surface area contributed by atoms with Crippen molar-refractivity contribution in [1.82, 2.24) is 14.3 Å². The van der Waals surface area contributed by atoms with Crippen LogP contribution in [0.2, 0.25) is 0 Å². The molecule has 2 N–H and O–H groups in total. The third-order valence-corrected chi connectivity index (χ3v) is 4.18. The standard InChI is InChI=1S/C15H22N4/c1-12-13(19-10-4-3-7-14(19)17-12)11-15(2,16)18-8-5-6-9-18/h3-4,7,10H,5-6,8-9,11,16H2,1-2H3. The monoisotopic (exact) mass is 258 g/mol. The van der Waals surface area contributed by atoms with Crippen LogP contribution < -0.4 is 5.73 Å². The van der Waals surface area contributed by atoms with Gasteiger partial charge in [0.2, 0.25) is 0 Å². The number of fused-ring (bicyclic) bond motifs is 1. The van der Waals surface area contributed by atoms with E-state index in [0.717, 1.165) is 30.9 Å². The van der Waals surface area contributed by atoms with E-state index in [-0.39, 0.29) is 5.66 Å². The fourth-order valence-electron chi connectivity index (χ4n) is 3.06. The van der Waals surface area contributed by atoms with Crippen molar-refractivity contribution >= 4 is 5.65 Å². The second-order valence-electron chi connectivity index (χ2n) is 5.80. The number of nitrogens with two attached hydrogens (primary N) is 1. The molecule has 0 spiro atoms. The topological polar surface area (TPSA) is 46.6 Å². The number of hydrogen-bond acceptors (Lipinski definition) is 3. The van der Waals surface area contributed by atoms with Crippen LogP contribution in [0.25, 0.3) is 5.65 Å². The number of aryl methyl sites for hydroxylation is 1. The lowest BCUT2D eigenvalue weighted by atomic mass is 10.0. The highest BCUT2D eigenvalue weighted by Gasteiger charge is 2.31. The average molecular weight is 258 g/mol. The summed E-state index contributed by atoms with van der Waals surface area (Å²) in [5, 5.41) is 0. The van der Waals surface area contributed by atoms with E-state index in [0.29, 0.717) is 0 Å². The van der Waals surface area contributed by atoms with Crippen molar-refractivity contribution in [3.05, 3.63) is 35.8 Å². The van der Waals surface area contributed by atoms with E-state index >= 15 is 0 Å². The van der Waals surface area contributed by atoms with Crippen LogP contribution >= 0.6 is 0 Å². The molecule has 1 aliphatic heterocycles. The number of likely N-dealkylation sites (tertiary alicyclic amines) is 1. The van der Waals surface area contributed by atoms with E-state index in [2.05, 4.69) is 34.3 Å². The van der Waals surface area contributed by atoms with Gasteiger partial charge in [0.1, 0.15) is 5.65 Å². The van der Waals surface area contributed by atoms with Crippen LogP contribution in [0.1, 0.15) is 31.2 Å². The third kappa shape index (κ3) is 2.26. The van der Waals surface area contributed by atoms with Gasteiger partial charge in [0.15, 0.2) is 0 Å². The van der Waals surface area contributed by atoms with Crippen molar-refractivity contribution in [3.63, 3.8) is 0 Å². The first-order chi connectivity index (χ1) is 9.08. The van der Waals surface area contributed by atoms with Gasteiger partial charge in [-0.1, -0.05) is 6.07 Å². The Morgan fingerprint density at radius 3 is 2.79 bits per heavy atom. The summed E-state index contributed by atoms with van der Waals surface area (Å²) in [6.45, 7) is 6.44. The van der Waals surface area contributed by atoms with Gasteiger partial charge < -0.3 is 10.1 Å². The quantitative estimate of drug-likeness (QED) is 0.915. The van der Waals surface area contributed by atoms with Crippen LogP contribution in [0.3, 0.4) is 0 Å². The molecule has 0 aliphatic carbocycles. The molecule has 1 saturated heterocycles. The molecule has 0 amide bonds. The van der Waals surface area contributed by atoms with E-state index < -0.39 is 0 Å². The van der Waals surface area contributed by atoms with Gasteiger partial charge >= 0.3 is 0 Å². The lowest BCUT2D eigenvalue weighted by Gasteiger charge is -2.35. The highest BCUT2D eigenvalue weighted by atomic mass is 15.3. The van der Waals surface area contributed by atoms with Gasteiger partial charge in [-0.05, 0) is 51.9 Å². The molecule has 102 valence electrons. The van der Waals surface area contributed by atoms with Crippen molar-refractivity contribution in [2.45, 2.75) is 38.8 Å². The van der Waals surface area contributed by atoms with Crippen molar-refractivity contribution in [3.8, 4) is 0 Å². The molecule has 3 heterocycles. The van der Waals surface area contributed by atoms with Gasteiger partial charge in [-0.2, -0.15) is 0 Å². The second-order valence-corrected chi connectivity index (χ2v) is 5.80. The number of aromatic nitrogens is 2. The lowest BCUT2D eigenvalue weighted by molar-refractivity contribution is 0.140. The number of hydrogen-bond donors (Lipinski definition) is 1. The van der Waals surface area contributed by atoms with E-state index in [1.807, 2.05) is 18.2 Å². The molecule has 0 radical (unpaired) electrons. The lowest BCUT2D eigenvalue weighted by Crippen LogP contribution is -2.54. The van der Waals surface area contributed by atoms with Crippen LogP contribution in [-0.4, -0.2) is 33.0 Å². The van der Waals surface area contributed by atoms with Crippen molar-refractivity contribution in [2.24, 2.45) is 5.73 Å². The second kappa shape index (κ2) is 4.62. The Balaban J connectivity index is 1.94. The highest BCUT2D eigenvalue weighted by Crippen LogP contribution is 2.23. The van der Waals surface area contributed by atoms with E-state index in [9.17, 15) is 0 Å². The summed E-state index contributed by atoms with van der Waals surface area (Å²) in [5.41, 5.74) is 9.59. The molecule has 1 unspecified atom stereocenters. The Bertz CT molecular complexity index is 579. The SMILES string of the molecule is Cc1nc2ccccn2c1CC(C)(N)N1CCCC1. The Morgan fingerprint density at radius 2 is 2.05 bits per heavy atom. The Labute approximate surface area is 114 Å². The minimum atomic E-state index is -0.285. The van der Waals surface area contributed by atoms with Crippen molar-refractivity contribution in [2.75, 3.05) is 13.1 Å². The summed E-state index contributed by atoms with van der Waals surface area (Å²) >= 11 is 0. The molecule has 4 nitrogen and oxygen atoms in total. The van der Waals surface area contributed by atoms with Gasteiger partial charge in [0.05, 0.1) is 11.4 Å². The molecule has 2 aromatic rings. The zero-order valence-corrected chi connectivity index (χ0v) is 11.8. The fourth-order valence-corrected chi connectivity index (χ4v) is 3.06. The van der Waals surface area contributed by atoms with Gasteiger partial charge in [0, 0.05) is 18.3 Å². The predicted molar refractivity (Wildman–Crippen MR) is 77.0 cm³/mol. The smallest absolute Gasteiger partial charge is 0.137 e. The molecule has 19 heavy (non-hydrogen) atoms. The summed E-state index contributed by atoms with van der Waals surface area (Å²) < 4.78 is 2.16. The first kappa shape index (κ1) is 12.6. The van der Waals surface area contributed by atoms with E-state index in [1.165, 1.54) is 18.5 Å². The van der Waals surface area contributed by atoms with E-state index in [1.54, 1.807) is 0 Å². The first-order valence-corrected chi connectivity index (χ1v) is 7.04. The van der Waals surface area contributed by atoms with Crippen LogP contribution in [-0.2, 0) is 6.42 Å². The van der Waals surface area contributed by atoms with Crippen LogP contribution in [0.4, 0.5) is 0 Å². The summed E-state index contributed by atoms with van der Waals surface area (Å²) in [4.78, 5) is 7.01. The van der Waals surface area contributed by atoms with Gasteiger partial charge in [-0.15, -0.1) is 0 Å². The minimum Gasteiger partial charge on any atom is -0.313 e. The predicted octanol–water partition coefficient (Wildman–Crippen LogP) is 1.96. The molecule has 2 aromatic heterocycles. The maximum absolute atomic E-state index is 6.56. The molecular weight excluding hydrogens is 236 g/mol. The molecule has 1 aliphatic rings. The Hall–Kier alpha value is -1.39. The maximum atomic E-state index is 6.56. The van der Waals surface area contributed by atoms with Crippen LogP contribution in [0.15, 0.2) is 24.4 Å². The zero-order valence-electron chi connectivity index (χ0n) is 11.8. The molecular formula is C15H22N4. The van der Waals surface area contributed by atoms with Gasteiger partial charge in [-0.3, -0.25) is 4.90 Å². The minimum absolute atomic E-state index is 0.285. The molecule has 1 fully saturated rings. The number of imidazole rings is 1. The molecule has 1 atom stereocenters. The number of nitrogens with zero attached hydrogens (tertiary/aromatic N) is 3. The van der Waals surface area contributed by atoms with Crippen molar-refractivity contribution < 1.29 is 0 Å². The third-order valence-electron chi connectivity index (χ3n) is 4.18. The van der Waals surface area contributed by atoms with Gasteiger partial charge in [-0.25, -0.2) is 4.98 Å². The molecule has 4 heteroatoms. The highest BCUT2D eigenvalue weighted by molar-refractivity contribution is 5.43. The Morgan fingerprint density at radius 1 is 1.32 bits per heavy atom. The Kier molecular flexibility index (Phi) is 3.07. The normalized spacial score (nSPS) is 19.9. The zero-order chi connectivity index (χ0) is 13.5. The summed E-state index contributed by atoms with van der Waals surface area (Å²) in [5.74, 6) is 0. The molecule has 3 rings (SSSR count). The van der Waals surface area contributed by atoms with Crippen LogP contribution in [0.5, 0.6) is 0 Å². The van der Waals surface area contributed by atoms with Gasteiger partial charge in [0.25, 0.3) is 0 Å². The number of pyridine rings is 1. The van der Waals surface area contributed by atoms with Crippen molar-refractivity contribution in [1.29, 1.82) is 0 Å². The fraction of sp³-hybridized carbons (Fsp3) is 0.533. The molecule has 0 saturated carbocycles. The molecule has 0 aromatic carbocycles. The van der Waals surface area contributed by atoms with E-state index in [4.69, 9.17) is 5.73 Å². The summed E-state index contributed by atoms with van der Waals surface area (Å²) in [6.07, 6.45) is 5.44. The molecule has 0 bridgehead atoms. The summed E-state index contributed by atoms with van der Waals surface area (Å²) in [7, 11) is 0. The largest absolute Gasteiger partial charge is 0.313 e. The average Bonchev–Trinajstić information content (AvgIpc) is 2.99.